The Kier molecular flexibility index (Phi) is 4.33. The average Bonchev–Trinajstić information content (AvgIpc) is 3.22. The molecule has 1 saturated carbocycles. The molecule has 2 N–H and O–H groups in total. The number of carbonyl (C=O) groups is 1. The summed E-state index contributed by atoms with van der Waals surface area (Å²) in [6.45, 7) is -0.0916. The van der Waals surface area contributed by atoms with Crippen molar-refractivity contribution < 1.29 is 9.90 Å². The van der Waals surface area contributed by atoms with Crippen LogP contribution >= 0.6 is 11.3 Å². The van der Waals surface area contributed by atoms with Gasteiger partial charge in [-0.2, -0.15) is 5.10 Å². The molecule has 3 heterocycles. The Bertz CT molecular complexity index is 1000. The Morgan fingerprint density at radius 2 is 2.31 bits per heavy atom. The zero-order valence-corrected chi connectivity index (χ0v) is 15.0. The quantitative estimate of drug-likeness (QED) is 0.689. The van der Waals surface area contributed by atoms with Crippen LogP contribution in [0.25, 0.3) is 10.2 Å². The van der Waals surface area contributed by atoms with Crippen molar-refractivity contribution in [3.05, 3.63) is 46.1 Å². The first kappa shape index (κ1) is 16.9. The van der Waals surface area contributed by atoms with Crippen molar-refractivity contribution in [1.82, 2.24) is 24.6 Å². The largest absolute Gasteiger partial charge is 0.393 e. The molecule has 9 heteroatoms. The van der Waals surface area contributed by atoms with Crippen LogP contribution in [0.4, 0.5) is 0 Å². The van der Waals surface area contributed by atoms with Gasteiger partial charge in [0.1, 0.15) is 11.2 Å². The average molecular weight is 373 g/mol. The number of thiophene rings is 1. The second-order valence-electron chi connectivity index (χ2n) is 6.69. The van der Waals surface area contributed by atoms with Crippen LogP contribution in [-0.2, 0) is 18.4 Å². The van der Waals surface area contributed by atoms with Crippen LogP contribution in [-0.4, -0.2) is 36.4 Å². The van der Waals surface area contributed by atoms with Gasteiger partial charge in [0, 0.05) is 18.8 Å². The summed E-state index contributed by atoms with van der Waals surface area (Å²) in [5.41, 5.74) is 1.34. The van der Waals surface area contributed by atoms with E-state index < -0.39 is 0 Å². The number of fused-ring (bicyclic) bond motifs is 1. The van der Waals surface area contributed by atoms with Gasteiger partial charge in [-0.15, -0.1) is 11.3 Å². The number of carbonyl (C=O) groups excluding carboxylic acids is 1. The van der Waals surface area contributed by atoms with Crippen molar-refractivity contribution in [3.8, 4) is 0 Å². The highest BCUT2D eigenvalue weighted by molar-refractivity contribution is 7.17. The van der Waals surface area contributed by atoms with Crippen molar-refractivity contribution in [2.75, 3.05) is 0 Å². The summed E-state index contributed by atoms with van der Waals surface area (Å²) in [5, 5.41) is 18.6. The standard InChI is InChI=1S/C17H19N5O3S/c1-21-7-11(6-19-21)15(10-4-12(23)5-10)20-14(24)8-22-9-18-13-2-3-26-16(13)17(22)25/h2-3,6-7,9-10,12,15,23H,4-5,8H2,1H3,(H,20,24)/t10?,12?,15-/m0/s1. The molecule has 0 bridgehead atoms. The Hall–Kier alpha value is -2.52. The highest BCUT2D eigenvalue weighted by Gasteiger charge is 2.36. The molecule has 0 saturated heterocycles. The molecule has 0 aliphatic heterocycles. The Morgan fingerprint density at radius 3 is 3.00 bits per heavy atom. The number of aromatic nitrogens is 4. The molecule has 3 aromatic rings. The smallest absolute Gasteiger partial charge is 0.271 e. The van der Waals surface area contributed by atoms with Crippen molar-refractivity contribution >= 4 is 27.5 Å². The van der Waals surface area contributed by atoms with Gasteiger partial charge in [0.05, 0.1) is 30.2 Å². The summed E-state index contributed by atoms with van der Waals surface area (Å²) in [6.07, 6.45) is 5.96. The highest BCUT2D eigenvalue weighted by atomic mass is 32.1. The molecule has 1 aliphatic rings. The number of amides is 1. The number of hydrogen-bond donors (Lipinski definition) is 2. The molecule has 0 radical (unpaired) electrons. The fourth-order valence-electron chi connectivity index (χ4n) is 3.34. The minimum Gasteiger partial charge on any atom is -0.393 e. The van der Waals surface area contributed by atoms with Crippen LogP contribution in [0.15, 0.2) is 35.0 Å². The number of aliphatic hydroxyl groups is 1. The number of nitrogens with one attached hydrogen (secondary N) is 1. The summed E-state index contributed by atoms with van der Waals surface area (Å²) >= 11 is 1.32. The van der Waals surface area contributed by atoms with Gasteiger partial charge in [0.15, 0.2) is 0 Å². The molecular formula is C17H19N5O3S. The molecule has 1 amide bonds. The van der Waals surface area contributed by atoms with E-state index >= 15 is 0 Å². The molecule has 0 spiro atoms. The normalized spacial score (nSPS) is 20.7. The molecule has 8 nitrogen and oxygen atoms in total. The summed E-state index contributed by atoms with van der Waals surface area (Å²) in [7, 11) is 1.82. The Morgan fingerprint density at radius 1 is 1.50 bits per heavy atom. The summed E-state index contributed by atoms with van der Waals surface area (Å²) in [5.74, 6) is -0.104. The lowest BCUT2D eigenvalue weighted by molar-refractivity contribution is -0.123. The van der Waals surface area contributed by atoms with Crippen molar-refractivity contribution in [3.63, 3.8) is 0 Å². The van der Waals surface area contributed by atoms with Gasteiger partial charge < -0.3 is 10.4 Å². The monoisotopic (exact) mass is 373 g/mol. The lowest BCUT2D eigenvalue weighted by atomic mass is 9.75. The highest BCUT2D eigenvalue weighted by Crippen LogP contribution is 2.37. The van der Waals surface area contributed by atoms with Gasteiger partial charge >= 0.3 is 0 Å². The topological polar surface area (TPSA) is 102 Å². The predicted octanol–water partition coefficient (Wildman–Crippen LogP) is 0.820. The number of rotatable bonds is 5. The first-order chi connectivity index (χ1) is 12.5. The van der Waals surface area contributed by atoms with E-state index in [1.807, 2.05) is 18.6 Å². The second kappa shape index (κ2) is 6.65. The third kappa shape index (κ3) is 3.15. The van der Waals surface area contributed by atoms with Crippen LogP contribution in [0.5, 0.6) is 0 Å². The fraction of sp³-hybridized carbons (Fsp3) is 0.412. The van der Waals surface area contributed by atoms with E-state index in [9.17, 15) is 14.7 Å². The van der Waals surface area contributed by atoms with E-state index in [-0.39, 0.29) is 36.1 Å². The number of aryl methyl sites for hydroxylation is 1. The van der Waals surface area contributed by atoms with Crippen LogP contribution in [0.1, 0.15) is 24.4 Å². The van der Waals surface area contributed by atoms with Gasteiger partial charge in [-0.25, -0.2) is 4.98 Å². The zero-order chi connectivity index (χ0) is 18.3. The molecule has 3 aromatic heterocycles. The third-order valence-corrected chi connectivity index (χ3v) is 5.66. The Balaban J connectivity index is 1.52. The van der Waals surface area contributed by atoms with Crippen LogP contribution in [0.3, 0.4) is 0 Å². The first-order valence-electron chi connectivity index (χ1n) is 8.40. The maximum atomic E-state index is 12.6. The number of aliphatic hydroxyl groups excluding tert-OH is 1. The maximum Gasteiger partial charge on any atom is 0.271 e. The molecule has 0 aromatic carbocycles. The van der Waals surface area contributed by atoms with Crippen LogP contribution < -0.4 is 10.9 Å². The lowest BCUT2D eigenvalue weighted by Gasteiger charge is -2.37. The Labute approximate surface area is 153 Å². The minimum atomic E-state index is -0.316. The zero-order valence-electron chi connectivity index (χ0n) is 14.2. The molecule has 1 aliphatic carbocycles. The number of hydrogen-bond acceptors (Lipinski definition) is 6. The van der Waals surface area contributed by atoms with E-state index in [1.165, 1.54) is 22.2 Å². The van der Waals surface area contributed by atoms with Gasteiger partial charge in [0.2, 0.25) is 5.91 Å². The van der Waals surface area contributed by atoms with Crippen molar-refractivity contribution in [2.45, 2.75) is 31.5 Å². The van der Waals surface area contributed by atoms with Crippen LogP contribution in [0.2, 0.25) is 0 Å². The van der Waals surface area contributed by atoms with E-state index in [2.05, 4.69) is 15.4 Å². The first-order valence-corrected chi connectivity index (χ1v) is 9.28. The van der Waals surface area contributed by atoms with Gasteiger partial charge in [-0.05, 0) is 30.2 Å². The summed E-state index contributed by atoms with van der Waals surface area (Å²) in [4.78, 5) is 29.2. The predicted molar refractivity (Wildman–Crippen MR) is 96.7 cm³/mol. The van der Waals surface area contributed by atoms with E-state index in [4.69, 9.17) is 0 Å². The minimum absolute atomic E-state index is 0.0916. The SMILES string of the molecule is Cn1cc([C@@H](NC(=O)Cn2cnc3ccsc3c2=O)C2CC(O)C2)cn1. The van der Waals surface area contributed by atoms with E-state index in [0.717, 1.165) is 5.56 Å². The maximum absolute atomic E-state index is 12.6. The molecule has 1 atom stereocenters. The van der Waals surface area contributed by atoms with E-state index in [1.54, 1.807) is 16.9 Å². The van der Waals surface area contributed by atoms with Crippen molar-refractivity contribution in [2.24, 2.45) is 13.0 Å². The lowest BCUT2D eigenvalue weighted by Crippen LogP contribution is -2.43. The molecular weight excluding hydrogens is 354 g/mol. The van der Waals surface area contributed by atoms with E-state index in [0.29, 0.717) is 23.1 Å². The van der Waals surface area contributed by atoms with Crippen molar-refractivity contribution in [1.29, 1.82) is 0 Å². The van der Waals surface area contributed by atoms with Gasteiger partial charge in [0.25, 0.3) is 5.56 Å². The molecule has 1 fully saturated rings. The fourth-order valence-corrected chi connectivity index (χ4v) is 4.13. The molecule has 26 heavy (non-hydrogen) atoms. The van der Waals surface area contributed by atoms with Crippen LogP contribution in [0, 0.1) is 5.92 Å². The van der Waals surface area contributed by atoms with Gasteiger partial charge in [-0.1, -0.05) is 0 Å². The molecule has 4 rings (SSSR count). The third-order valence-electron chi connectivity index (χ3n) is 4.77. The van der Waals surface area contributed by atoms with Gasteiger partial charge in [-0.3, -0.25) is 18.8 Å². The number of nitrogens with zero attached hydrogens (tertiary/aromatic N) is 4. The summed E-state index contributed by atoms with van der Waals surface area (Å²) in [6, 6.07) is 1.56. The molecule has 136 valence electrons. The summed E-state index contributed by atoms with van der Waals surface area (Å²) < 4.78 is 3.55. The molecule has 0 unspecified atom stereocenters. The second-order valence-corrected chi connectivity index (χ2v) is 7.61.